The molecule has 7 heteroatoms. The Labute approximate surface area is 126 Å². The second-order valence-electron chi connectivity index (χ2n) is 4.94. The second-order valence-corrected chi connectivity index (χ2v) is 5.38. The zero-order chi connectivity index (χ0) is 15.6. The lowest BCUT2D eigenvalue weighted by molar-refractivity contribution is -0.137. The molecule has 1 aromatic rings. The van der Waals surface area contributed by atoms with E-state index in [0.717, 1.165) is 18.6 Å². The first-order valence-electron chi connectivity index (χ1n) is 6.70. The Morgan fingerprint density at radius 1 is 1.48 bits per heavy atom. The van der Waals surface area contributed by atoms with Crippen molar-refractivity contribution < 1.29 is 17.9 Å². The quantitative estimate of drug-likeness (QED) is 0.870. The van der Waals surface area contributed by atoms with E-state index in [-0.39, 0.29) is 16.7 Å². The molecular formula is C14H17F3N2OS. The van der Waals surface area contributed by atoms with Gasteiger partial charge in [-0.2, -0.15) is 13.2 Å². The van der Waals surface area contributed by atoms with E-state index in [9.17, 15) is 13.2 Å². The fourth-order valence-corrected chi connectivity index (χ4v) is 2.53. The second kappa shape index (κ2) is 6.19. The topological polar surface area (TPSA) is 38.5 Å². The summed E-state index contributed by atoms with van der Waals surface area (Å²) < 4.78 is 44.0. The SMILES string of the molecule is CCC1CN(c2ccc(C(F)(F)F)cc2C(N)=S)CCO1. The van der Waals surface area contributed by atoms with Crippen molar-refractivity contribution in [3.05, 3.63) is 29.3 Å². The molecule has 1 heterocycles. The number of nitrogens with zero attached hydrogens (tertiary/aromatic N) is 1. The molecule has 116 valence electrons. The zero-order valence-electron chi connectivity index (χ0n) is 11.6. The van der Waals surface area contributed by atoms with Crippen molar-refractivity contribution >= 4 is 22.9 Å². The average Bonchev–Trinajstić information content (AvgIpc) is 2.45. The summed E-state index contributed by atoms with van der Waals surface area (Å²) in [5, 5.41) is 0. The van der Waals surface area contributed by atoms with Crippen LogP contribution in [0.1, 0.15) is 24.5 Å². The van der Waals surface area contributed by atoms with Crippen LogP contribution >= 0.6 is 12.2 Å². The highest BCUT2D eigenvalue weighted by molar-refractivity contribution is 7.80. The Kier molecular flexibility index (Phi) is 4.73. The van der Waals surface area contributed by atoms with Crippen LogP contribution in [0.4, 0.5) is 18.9 Å². The minimum Gasteiger partial charge on any atom is -0.389 e. The highest BCUT2D eigenvalue weighted by Crippen LogP contribution is 2.33. The number of rotatable bonds is 3. The molecule has 0 aliphatic carbocycles. The molecule has 1 unspecified atom stereocenters. The van der Waals surface area contributed by atoms with Crippen LogP contribution in [0.3, 0.4) is 0 Å². The summed E-state index contributed by atoms with van der Waals surface area (Å²) in [4.78, 5) is 1.95. The first-order chi connectivity index (χ1) is 9.82. The van der Waals surface area contributed by atoms with Gasteiger partial charge < -0.3 is 15.4 Å². The minimum absolute atomic E-state index is 0.0318. The number of morpholine rings is 1. The highest BCUT2D eigenvalue weighted by atomic mass is 32.1. The van der Waals surface area contributed by atoms with Gasteiger partial charge in [0.1, 0.15) is 4.99 Å². The van der Waals surface area contributed by atoms with Crippen LogP contribution in [0.15, 0.2) is 18.2 Å². The van der Waals surface area contributed by atoms with E-state index in [1.165, 1.54) is 6.07 Å². The Balaban J connectivity index is 2.37. The maximum Gasteiger partial charge on any atom is 0.416 e. The lowest BCUT2D eigenvalue weighted by Crippen LogP contribution is -2.43. The van der Waals surface area contributed by atoms with Crippen molar-refractivity contribution in [3.63, 3.8) is 0 Å². The third kappa shape index (κ3) is 3.65. The number of halogens is 3. The molecule has 21 heavy (non-hydrogen) atoms. The number of hydrogen-bond acceptors (Lipinski definition) is 3. The van der Waals surface area contributed by atoms with Gasteiger partial charge in [0.05, 0.1) is 18.3 Å². The van der Waals surface area contributed by atoms with Gasteiger partial charge in [-0.1, -0.05) is 19.1 Å². The van der Waals surface area contributed by atoms with Gasteiger partial charge in [-0.3, -0.25) is 0 Å². The lowest BCUT2D eigenvalue weighted by Gasteiger charge is -2.35. The third-order valence-corrected chi connectivity index (χ3v) is 3.74. The highest BCUT2D eigenvalue weighted by Gasteiger charge is 2.32. The molecule has 0 aromatic heterocycles. The number of nitrogens with two attached hydrogens (primary N) is 1. The van der Waals surface area contributed by atoms with E-state index >= 15 is 0 Å². The summed E-state index contributed by atoms with van der Waals surface area (Å²) in [6.45, 7) is 3.78. The molecule has 0 saturated carbocycles. The van der Waals surface area contributed by atoms with Gasteiger partial charge >= 0.3 is 6.18 Å². The molecule has 0 spiro atoms. The number of benzene rings is 1. The molecule has 1 saturated heterocycles. The molecule has 2 rings (SSSR count). The maximum atomic E-state index is 12.8. The van der Waals surface area contributed by atoms with Gasteiger partial charge in [-0.15, -0.1) is 0 Å². The zero-order valence-corrected chi connectivity index (χ0v) is 12.4. The van der Waals surface area contributed by atoms with Crippen molar-refractivity contribution in [3.8, 4) is 0 Å². The van der Waals surface area contributed by atoms with Crippen molar-refractivity contribution in [1.29, 1.82) is 0 Å². The van der Waals surface area contributed by atoms with Crippen LogP contribution in [0.25, 0.3) is 0 Å². The molecule has 0 radical (unpaired) electrons. The Morgan fingerprint density at radius 3 is 2.76 bits per heavy atom. The molecule has 1 atom stereocenters. The normalized spacial score (nSPS) is 19.6. The fourth-order valence-electron chi connectivity index (χ4n) is 2.37. The first kappa shape index (κ1) is 16.0. The Morgan fingerprint density at radius 2 is 2.19 bits per heavy atom. The molecule has 1 aliphatic rings. The smallest absolute Gasteiger partial charge is 0.389 e. The van der Waals surface area contributed by atoms with E-state index in [4.69, 9.17) is 22.7 Å². The minimum atomic E-state index is -4.41. The van der Waals surface area contributed by atoms with E-state index < -0.39 is 11.7 Å². The monoisotopic (exact) mass is 318 g/mol. The van der Waals surface area contributed by atoms with Gasteiger partial charge in [-0.05, 0) is 24.6 Å². The summed E-state index contributed by atoms with van der Waals surface area (Å²) in [5.41, 5.74) is 5.76. The third-order valence-electron chi connectivity index (χ3n) is 3.52. The van der Waals surface area contributed by atoms with Gasteiger partial charge in [0.25, 0.3) is 0 Å². The largest absolute Gasteiger partial charge is 0.416 e. The molecule has 3 nitrogen and oxygen atoms in total. The van der Waals surface area contributed by atoms with Crippen molar-refractivity contribution in [2.24, 2.45) is 5.73 Å². The predicted octanol–water partition coefficient (Wildman–Crippen LogP) is 2.95. The molecule has 2 N–H and O–H groups in total. The molecule has 0 bridgehead atoms. The maximum absolute atomic E-state index is 12.8. The molecular weight excluding hydrogens is 301 g/mol. The van der Waals surface area contributed by atoms with Crippen LogP contribution < -0.4 is 10.6 Å². The predicted molar refractivity (Wildman–Crippen MR) is 79.6 cm³/mol. The van der Waals surface area contributed by atoms with Gasteiger partial charge in [0.15, 0.2) is 0 Å². The molecule has 0 amide bonds. The van der Waals surface area contributed by atoms with Gasteiger partial charge in [-0.25, -0.2) is 0 Å². The van der Waals surface area contributed by atoms with E-state index in [2.05, 4.69) is 0 Å². The van der Waals surface area contributed by atoms with Crippen LogP contribution in [0, 0.1) is 0 Å². The van der Waals surface area contributed by atoms with E-state index in [1.807, 2.05) is 11.8 Å². The van der Waals surface area contributed by atoms with Crippen LogP contribution in [0.5, 0.6) is 0 Å². The Bertz CT molecular complexity index is 533. The number of anilines is 1. The summed E-state index contributed by atoms with van der Waals surface area (Å²) in [6.07, 6.45) is -3.49. The summed E-state index contributed by atoms with van der Waals surface area (Å²) in [7, 11) is 0. The van der Waals surface area contributed by atoms with Crippen LogP contribution in [0.2, 0.25) is 0 Å². The number of ether oxygens (including phenoxy) is 1. The molecule has 1 aromatic carbocycles. The average molecular weight is 318 g/mol. The van der Waals surface area contributed by atoms with Crippen molar-refractivity contribution in [1.82, 2.24) is 0 Å². The first-order valence-corrected chi connectivity index (χ1v) is 7.11. The number of thiocarbonyl (C=S) groups is 1. The summed E-state index contributed by atoms with van der Waals surface area (Å²) >= 11 is 4.91. The Hall–Kier alpha value is -1.34. The molecule has 1 fully saturated rings. The van der Waals surface area contributed by atoms with Crippen LogP contribution in [-0.2, 0) is 10.9 Å². The van der Waals surface area contributed by atoms with Crippen molar-refractivity contribution in [2.75, 3.05) is 24.6 Å². The molecule has 1 aliphatic heterocycles. The van der Waals surface area contributed by atoms with E-state index in [0.29, 0.717) is 25.4 Å². The van der Waals surface area contributed by atoms with Gasteiger partial charge in [0.2, 0.25) is 0 Å². The standard InChI is InChI=1S/C14H17F3N2OS/c1-2-10-8-19(5-6-20-10)12-4-3-9(14(15,16)17)7-11(12)13(18)21/h3-4,7,10H,2,5-6,8H2,1H3,(H2,18,21). The van der Waals surface area contributed by atoms with Gasteiger partial charge in [0, 0.05) is 24.3 Å². The van der Waals surface area contributed by atoms with E-state index in [1.54, 1.807) is 0 Å². The number of alkyl halides is 3. The van der Waals surface area contributed by atoms with Crippen LogP contribution in [-0.4, -0.2) is 30.8 Å². The summed E-state index contributed by atoms with van der Waals surface area (Å²) in [6, 6.07) is 3.52. The lowest BCUT2D eigenvalue weighted by atomic mass is 10.1. The van der Waals surface area contributed by atoms with Crippen molar-refractivity contribution in [2.45, 2.75) is 25.6 Å². The number of hydrogen-bond donors (Lipinski definition) is 1. The summed E-state index contributed by atoms with van der Waals surface area (Å²) in [5.74, 6) is 0. The fraction of sp³-hybridized carbons (Fsp3) is 0.500.